The lowest BCUT2D eigenvalue weighted by Gasteiger charge is -2.31. The third kappa shape index (κ3) is 40.5. The normalized spacial score (nSPS) is 13.3. The fourth-order valence-electron chi connectivity index (χ4n) is 7.02. The maximum Gasteiger partial charge on any atom is 0.362 e. The number of carbonyl (C=O) groups excluding carboxylic acids is 2. The molecule has 0 saturated carbocycles. The predicted molar refractivity (Wildman–Crippen MR) is 248 cm³/mol. The van der Waals surface area contributed by atoms with Crippen molar-refractivity contribution in [1.82, 2.24) is 0 Å². The van der Waals surface area contributed by atoms with Gasteiger partial charge in [-0.2, -0.15) is 0 Å². The number of nitrogens with zero attached hydrogens (tertiary/aromatic N) is 1. The molecule has 0 amide bonds. The Bertz CT molecular complexity index is 1110. The quantitative estimate of drug-likeness (QED) is 0.0283. The molecule has 59 heavy (non-hydrogen) atoms. The van der Waals surface area contributed by atoms with Gasteiger partial charge in [0.2, 0.25) is 0 Å². The number of hydrogen-bond acceptors (Lipinski definition) is 6. The molecule has 2 atom stereocenters. The van der Waals surface area contributed by atoms with Crippen LogP contribution in [0.5, 0.6) is 0 Å². The number of likely N-dealkylation sites (N-methyl/N-ethyl adjacent to an activating group) is 1. The molecular weight excluding hydrogens is 739 g/mol. The van der Waals surface area contributed by atoms with E-state index in [2.05, 4.69) is 62.5 Å². The van der Waals surface area contributed by atoms with Gasteiger partial charge in [-0.15, -0.1) is 0 Å². The SMILES string of the molecule is CC/C=C/C/C=C/C/C=C/C/C=C/CCCCCCCCC(=O)OCC(COCCC(C(=O)O)[N+](C)(C)C)OC(=O)CCCCCCCCCCCCCCCCCC. The van der Waals surface area contributed by atoms with E-state index in [1.807, 2.05) is 21.1 Å². The van der Waals surface area contributed by atoms with Crippen molar-refractivity contribution in [2.24, 2.45) is 0 Å². The summed E-state index contributed by atoms with van der Waals surface area (Å²) in [6.07, 6.45) is 50.1. The number of carboxylic acid groups (broad SMARTS) is 1. The van der Waals surface area contributed by atoms with Gasteiger partial charge in [0.05, 0.1) is 34.4 Å². The fourth-order valence-corrected chi connectivity index (χ4v) is 7.02. The highest BCUT2D eigenvalue weighted by Gasteiger charge is 2.31. The Hall–Kier alpha value is -2.71. The molecule has 2 unspecified atom stereocenters. The minimum absolute atomic E-state index is 0.0570. The van der Waals surface area contributed by atoms with Gasteiger partial charge in [0.15, 0.2) is 12.1 Å². The number of quaternary nitrogens is 1. The molecule has 0 spiro atoms. The molecule has 0 fully saturated rings. The molecule has 0 bridgehead atoms. The van der Waals surface area contributed by atoms with E-state index in [1.54, 1.807) is 0 Å². The van der Waals surface area contributed by atoms with Gasteiger partial charge in [0.25, 0.3) is 0 Å². The molecular formula is C51H92NO7+. The van der Waals surface area contributed by atoms with Gasteiger partial charge in [-0.1, -0.05) is 184 Å². The number of esters is 2. The summed E-state index contributed by atoms with van der Waals surface area (Å²) in [5, 5.41) is 9.64. The third-order valence-electron chi connectivity index (χ3n) is 10.7. The van der Waals surface area contributed by atoms with Crippen LogP contribution in [0.4, 0.5) is 0 Å². The number of rotatable bonds is 43. The molecule has 0 aromatic rings. The molecule has 0 saturated heterocycles. The van der Waals surface area contributed by atoms with Crippen LogP contribution >= 0.6 is 0 Å². The highest BCUT2D eigenvalue weighted by molar-refractivity contribution is 5.72. The van der Waals surface area contributed by atoms with Gasteiger partial charge in [-0.3, -0.25) is 9.59 Å². The number of aliphatic carboxylic acids is 1. The average Bonchev–Trinajstić information content (AvgIpc) is 3.19. The Morgan fingerprint density at radius 3 is 1.41 bits per heavy atom. The Labute approximate surface area is 363 Å². The molecule has 8 nitrogen and oxygen atoms in total. The van der Waals surface area contributed by atoms with Crippen LogP contribution in [0.25, 0.3) is 0 Å². The van der Waals surface area contributed by atoms with Crippen LogP contribution in [-0.4, -0.2) is 80.6 Å². The first-order valence-electron chi connectivity index (χ1n) is 24.2. The summed E-state index contributed by atoms with van der Waals surface area (Å²) in [6, 6.07) is -0.616. The molecule has 0 heterocycles. The molecule has 0 rings (SSSR count). The van der Waals surface area contributed by atoms with Crippen molar-refractivity contribution in [1.29, 1.82) is 0 Å². The Balaban J connectivity index is 4.30. The highest BCUT2D eigenvalue weighted by atomic mass is 16.6. The molecule has 8 heteroatoms. The minimum Gasteiger partial charge on any atom is -0.477 e. The summed E-state index contributed by atoms with van der Waals surface area (Å²) in [5.41, 5.74) is 0. The molecule has 0 aliphatic rings. The Morgan fingerprint density at radius 2 is 0.949 bits per heavy atom. The van der Waals surface area contributed by atoms with Crippen molar-refractivity contribution >= 4 is 17.9 Å². The molecule has 0 aromatic heterocycles. The topological polar surface area (TPSA) is 99.1 Å². The summed E-state index contributed by atoms with van der Waals surface area (Å²) in [5.74, 6) is -1.48. The van der Waals surface area contributed by atoms with Crippen LogP contribution in [-0.2, 0) is 28.6 Å². The first-order valence-corrected chi connectivity index (χ1v) is 24.2. The molecule has 0 aliphatic carbocycles. The number of carboxylic acids is 1. The van der Waals surface area contributed by atoms with Gasteiger partial charge >= 0.3 is 17.9 Å². The van der Waals surface area contributed by atoms with E-state index in [0.29, 0.717) is 19.3 Å². The number of hydrogen-bond donors (Lipinski definition) is 1. The van der Waals surface area contributed by atoms with Gasteiger partial charge in [-0.05, 0) is 51.4 Å². The first kappa shape index (κ1) is 56.3. The largest absolute Gasteiger partial charge is 0.477 e. The van der Waals surface area contributed by atoms with Gasteiger partial charge in [-0.25, -0.2) is 4.79 Å². The van der Waals surface area contributed by atoms with E-state index in [4.69, 9.17) is 14.2 Å². The number of carbonyl (C=O) groups is 3. The van der Waals surface area contributed by atoms with E-state index in [0.717, 1.165) is 77.0 Å². The maximum atomic E-state index is 12.8. The van der Waals surface area contributed by atoms with Crippen molar-refractivity contribution in [2.75, 3.05) is 41.0 Å². The fraction of sp³-hybridized carbons (Fsp3) is 0.784. The number of ether oxygens (including phenoxy) is 3. The van der Waals surface area contributed by atoms with Crippen LogP contribution in [0.1, 0.15) is 206 Å². The van der Waals surface area contributed by atoms with Gasteiger partial charge in [0.1, 0.15) is 6.61 Å². The second-order valence-corrected chi connectivity index (χ2v) is 17.3. The van der Waals surface area contributed by atoms with Crippen molar-refractivity contribution in [3.8, 4) is 0 Å². The van der Waals surface area contributed by atoms with Crippen LogP contribution < -0.4 is 0 Å². The lowest BCUT2D eigenvalue weighted by Crippen LogP contribution is -2.50. The zero-order chi connectivity index (χ0) is 43.5. The predicted octanol–water partition coefficient (Wildman–Crippen LogP) is 13.6. The molecule has 0 aromatic carbocycles. The van der Waals surface area contributed by atoms with Crippen LogP contribution in [0.15, 0.2) is 48.6 Å². The third-order valence-corrected chi connectivity index (χ3v) is 10.7. The lowest BCUT2D eigenvalue weighted by atomic mass is 10.0. The second-order valence-electron chi connectivity index (χ2n) is 17.3. The maximum absolute atomic E-state index is 12.8. The van der Waals surface area contributed by atoms with Gasteiger partial charge in [0, 0.05) is 19.3 Å². The second kappa shape index (κ2) is 42.0. The van der Waals surface area contributed by atoms with Crippen molar-refractivity contribution in [3.05, 3.63) is 48.6 Å². The minimum atomic E-state index is -0.876. The highest BCUT2D eigenvalue weighted by Crippen LogP contribution is 2.15. The van der Waals surface area contributed by atoms with Crippen LogP contribution in [0, 0.1) is 0 Å². The van der Waals surface area contributed by atoms with E-state index in [9.17, 15) is 19.5 Å². The zero-order valence-corrected chi connectivity index (χ0v) is 39.0. The van der Waals surface area contributed by atoms with E-state index in [1.165, 1.54) is 96.3 Å². The zero-order valence-electron chi connectivity index (χ0n) is 39.0. The van der Waals surface area contributed by atoms with E-state index < -0.39 is 18.1 Å². The number of unbranched alkanes of at least 4 members (excludes halogenated alkanes) is 21. The summed E-state index contributed by atoms with van der Waals surface area (Å²) in [6.45, 7) is 4.63. The van der Waals surface area contributed by atoms with Crippen molar-refractivity contribution in [2.45, 2.75) is 219 Å². The number of allylic oxidation sites excluding steroid dienone is 8. The lowest BCUT2D eigenvalue weighted by molar-refractivity contribution is -0.887. The molecule has 342 valence electrons. The molecule has 1 N–H and O–H groups in total. The molecule has 0 aliphatic heterocycles. The average molecular weight is 831 g/mol. The first-order chi connectivity index (χ1) is 28.6. The van der Waals surface area contributed by atoms with E-state index in [-0.39, 0.29) is 36.2 Å². The molecule has 0 radical (unpaired) electrons. The summed E-state index contributed by atoms with van der Waals surface area (Å²) in [4.78, 5) is 37.1. The smallest absolute Gasteiger partial charge is 0.362 e. The standard InChI is InChI=1S/C51H91NO7/c1-6-8-10-12-14-16-18-20-22-24-25-26-28-29-31-33-35-37-39-41-49(53)58-46-47(45-57-44-43-48(51(55)56)52(3,4)5)59-50(54)42-40-38-36-34-32-30-27-23-21-19-17-15-13-11-9-7-2/h8,10,14,16,20,22,25-26,47-48H,6-7,9,11-13,15,17-19,21,23-24,27-46H2,1-5H3/p+1/b10-8+,16-14+,22-20+,26-25+. The summed E-state index contributed by atoms with van der Waals surface area (Å²) >= 11 is 0. The van der Waals surface area contributed by atoms with Crippen molar-refractivity contribution in [3.63, 3.8) is 0 Å². The Morgan fingerprint density at radius 1 is 0.525 bits per heavy atom. The van der Waals surface area contributed by atoms with Gasteiger partial charge < -0.3 is 23.8 Å². The monoisotopic (exact) mass is 831 g/mol. The summed E-state index contributed by atoms with van der Waals surface area (Å²) < 4.78 is 17.3. The van der Waals surface area contributed by atoms with Crippen molar-refractivity contribution < 1.29 is 38.2 Å². The summed E-state index contributed by atoms with van der Waals surface area (Å²) in [7, 11) is 5.53. The Kier molecular flexibility index (Phi) is 40.1. The van der Waals surface area contributed by atoms with Crippen LogP contribution in [0.3, 0.4) is 0 Å². The van der Waals surface area contributed by atoms with E-state index >= 15 is 0 Å². The van der Waals surface area contributed by atoms with Crippen LogP contribution in [0.2, 0.25) is 0 Å².